The van der Waals surface area contributed by atoms with Crippen molar-refractivity contribution in [3.63, 3.8) is 0 Å². The van der Waals surface area contributed by atoms with Crippen molar-refractivity contribution in [2.24, 2.45) is 5.73 Å². The lowest BCUT2D eigenvalue weighted by Gasteiger charge is -2.23. The van der Waals surface area contributed by atoms with Gasteiger partial charge < -0.3 is 15.6 Å². The fourth-order valence-corrected chi connectivity index (χ4v) is 5.26. The first-order valence-electron chi connectivity index (χ1n) is 9.08. The highest BCUT2D eigenvalue weighted by Crippen LogP contribution is 2.33. The number of thioether (sulfide) groups is 1. The molecule has 1 unspecified atom stereocenters. The Labute approximate surface area is 173 Å². The molecule has 1 aliphatic carbocycles. The van der Waals surface area contributed by atoms with Gasteiger partial charge in [0, 0.05) is 36.7 Å². The minimum absolute atomic E-state index is 0. The number of thiophene rings is 1. The predicted molar refractivity (Wildman–Crippen MR) is 116 cm³/mol. The van der Waals surface area contributed by atoms with E-state index < -0.39 is 0 Å². The van der Waals surface area contributed by atoms with E-state index in [0.29, 0.717) is 30.3 Å². The number of carbonyl (C=O) groups excluding carboxylic acids is 1. The number of nitrogens with zero attached hydrogens (tertiary/aromatic N) is 2. The lowest BCUT2D eigenvalue weighted by molar-refractivity contribution is -0.131. The van der Waals surface area contributed by atoms with Gasteiger partial charge in [-0.05, 0) is 38.2 Å². The zero-order valence-corrected chi connectivity index (χ0v) is 18.2. The second-order valence-corrected chi connectivity index (χ2v) is 8.98. The van der Waals surface area contributed by atoms with Crippen LogP contribution in [0.25, 0.3) is 10.2 Å². The Bertz CT molecular complexity index is 852. The Kier molecular flexibility index (Phi) is 8.15. The number of aromatic amines is 1. The first-order valence-corrected chi connectivity index (χ1v) is 11.0. The summed E-state index contributed by atoms with van der Waals surface area (Å²) in [5, 5.41) is 0.797. The molecule has 0 fully saturated rings. The lowest BCUT2D eigenvalue weighted by atomic mass is 9.97. The summed E-state index contributed by atoms with van der Waals surface area (Å²) >= 11 is 3.29. The second-order valence-electron chi connectivity index (χ2n) is 6.80. The molecule has 0 spiro atoms. The van der Waals surface area contributed by atoms with Crippen LogP contribution < -0.4 is 11.3 Å². The van der Waals surface area contributed by atoms with Crippen molar-refractivity contribution in [3.8, 4) is 0 Å². The van der Waals surface area contributed by atoms with Crippen molar-refractivity contribution in [3.05, 3.63) is 26.6 Å². The normalized spacial score (nSPS) is 14.5. The van der Waals surface area contributed by atoms with Crippen LogP contribution >= 0.6 is 35.5 Å². The summed E-state index contributed by atoms with van der Waals surface area (Å²) in [6.45, 7) is 2.40. The number of carbonyl (C=O) groups is 1. The molecule has 27 heavy (non-hydrogen) atoms. The number of halogens is 1. The zero-order valence-electron chi connectivity index (χ0n) is 15.7. The minimum Gasteiger partial charge on any atom is -0.342 e. The van der Waals surface area contributed by atoms with Crippen LogP contribution in [-0.2, 0) is 23.4 Å². The van der Waals surface area contributed by atoms with E-state index in [1.54, 1.807) is 35.0 Å². The molecule has 150 valence electrons. The van der Waals surface area contributed by atoms with Crippen LogP contribution in [0.4, 0.5) is 0 Å². The number of amides is 1. The summed E-state index contributed by atoms with van der Waals surface area (Å²) < 4.78 is 0. The van der Waals surface area contributed by atoms with Gasteiger partial charge in [0.2, 0.25) is 5.91 Å². The number of nitrogens with two attached hydrogens (primary N) is 1. The standard InChI is InChI=1S/C18H26N4O2S2.ClH/c1-11(9-19)22(2)15(23)7-8-25-10-14-20-17(24)16-12-5-3-4-6-13(12)26-18(16)21-14;/h11H,3-10,19H2,1-2H3,(H,20,21,24);1H. The largest absolute Gasteiger partial charge is 0.342 e. The second kappa shape index (κ2) is 9.91. The minimum atomic E-state index is -0.0161. The first kappa shape index (κ1) is 22.2. The monoisotopic (exact) mass is 430 g/mol. The Morgan fingerprint density at radius 3 is 2.89 bits per heavy atom. The van der Waals surface area contributed by atoms with Crippen molar-refractivity contribution in [2.75, 3.05) is 19.3 Å². The third kappa shape index (κ3) is 5.04. The van der Waals surface area contributed by atoms with Gasteiger partial charge in [0.1, 0.15) is 10.7 Å². The molecular formula is C18H27ClN4O2S2. The Hall–Kier alpha value is -1.09. The summed E-state index contributed by atoms with van der Waals surface area (Å²) in [6, 6.07) is 0.0535. The van der Waals surface area contributed by atoms with E-state index in [-0.39, 0.29) is 29.9 Å². The first-order chi connectivity index (χ1) is 12.5. The maximum absolute atomic E-state index is 12.5. The number of likely N-dealkylation sites (N-methyl/N-ethyl adjacent to an activating group) is 1. The molecule has 0 bridgehead atoms. The van der Waals surface area contributed by atoms with Crippen molar-refractivity contribution < 1.29 is 4.79 Å². The van der Waals surface area contributed by atoms with E-state index in [4.69, 9.17) is 5.73 Å². The van der Waals surface area contributed by atoms with Crippen molar-refractivity contribution >= 4 is 51.6 Å². The topological polar surface area (TPSA) is 92.1 Å². The quantitative estimate of drug-likeness (QED) is 0.659. The van der Waals surface area contributed by atoms with Gasteiger partial charge in [-0.3, -0.25) is 9.59 Å². The molecule has 2 aromatic rings. The molecule has 2 aromatic heterocycles. The molecule has 9 heteroatoms. The molecule has 3 N–H and O–H groups in total. The zero-order chi connectivity index (χ0) is 18.7. The average molecular weight is 431 g/mol. The highest BCUT2D eigenvalue weighted by atomic mass is 35.5. The van der Waals surface area contributed by atoms with Gasteiger partial charge in [0.25, 0.3) is 5.56 Å². The number of fused-ring (bicyclic) bond motifs is 3. The smallest absolute Gasteiger partial charge is 0.259 e. The number of aromatic nitrogens is 2. The molecule has 1 amide bonds. The molecule has 0 aliphatic heterocycles. The van der Waals surface area contributed by atoms with E-state index in [2.05, 4.69) is 9.97 Å². The van der Waals surface area contributed by atoms with Gasteiger partial charge in [-0.25, -0.2) is 4.98 Å². The van der Waals surface area contributed by atoms with E-state index in [1.807, 2.05) is 6.92 Å². The molecule has 0 saturated heterocycles. The molecule has 1 aliphatic rings. The van der Waals surface area contributed by atoms with Gasteiger partial charge in [-0.15, -0.1) is 23.7 Å². The van der Waals surface area contributed by atoms with Crippen LogP contribution in [0, 0.1) is 0 Å². The SMILES string of the molecule is CC(CN)N(C)C(=O)CCSCc1nc2sc3c(c2c(=O)[nH]1)CCCC3.Cl. The fourth-order valence-electron chi connectivity index (χ4n) is 3.19. The Morgan fingerprint density at radius 2 is 2.15 bits per heavy atom. The van der Waals surface area contributed by atoms with Gasteiger partial charge in [-0.1, -0.05) is 0 Å². The number of nitrogens with one attached hydrogen (secondary N) is 1. The molecule has 6 nitrogen and oxygen atoms in total. The van der Waals surface area contributed by atoms with Gasteiger partial charge in [0.15, 0.2) is 0 Å². The van der Waals surface area contributed by atoms with Crippen molar-refractivity contribution in [2.45, 2.75) is 50.8 Å². The molecule has 0 aromatic carbocycles. The molecule has 3 rings (SSSR count). The van der Waals surface area contributed by atoms with E-state index >= 15 is 0 Å². The third-order valence-electron chi connectivity index (χ3n) is 4.97. The Morgan fingerprint density at radius 1 is 1.41 bits per heavy atom. The van der Waals surface area contributed by atoms with Crippen LogP contribution in [-0.4, -0.2) is 46.2 Å². The van der Waals surface area contributed by atoms with Crippen LogP contribution in [0.2, 0.25) is 0 Å². The number of H-pyrrole nitrogens is 1. The number of hydrogen-bond acceptors (Lipinski definition) is 6. The maximum Gasteiger partial charge on any atom is 0.259 e. The fraction of sp³-hybridized carbons (Fsp3) is 0.611. The Balaban J connectivity index is 0.00000261. The highest BCUT2D eigenvalue weighted by Gasteiger charge is 2.20. The van der Waals surface area contributed by atoms with Crippen LogP contribution in [0.15, 0.2) is 4.79 Å². The molecule has 2 heterocycles. The van der Waals surface area contributed by atoms with Crippen LogP contribution in [0.3, 0.4) is 0 Å². The number of hydrogen-bond donors (Lipinski definition) is 2. The van der Waals surface area contributed by atoms with Gasteiger partial charge in [-0.2, -0.15) is 11.8 Å². The van der Waals surface area contributed by atoms with Crippen molar-refractivity contribution in [1.29, 1.82) is 0 Å². The highest BCUT2D eigenvalue weighted by molar-refractivity contribution is 7.98. The molecule has 1 atom stereocenters. The van der Waals surface area contributed by atoms with E-state index in [1.165, 1.54) is 16.9 Å². The average Bonchev–Trinajstić information content (AvgIpc) is 3.02. The van der Waals surface area contributed by atoms with E-state index in [9.17, 15) is 9.59 Å². The molecule has 0 saturated carbocycles. The maximum atomic E-state index is 12.5. The van der Waals surface area contributed by atoms with Crippen molar-refractivity contribution in [1.82, 2.24) is 14.9 Å². The van der Waals surface area contributed by atoms with Gasteiger partial charge >= 0.3 is 0 Å². The third-order valence-corrected chi connectivity index (χ3v) is 7.12. The number of rotatable bonds is 7. The number of aryl methyl sites for hydroxylation is 2. The summed E-state index contributed by atoms with van der Waals surface area (Å²) in [6.07, 6.45) is 4.87. The van der Waals surface area contributed by atoms with Crippen LogP contribution in [0.5, 0.6) is 0 Å². The van der Waals surface area contributed by atoms with E-state index in [0.717, 1.165) is 29.5 Å². The summed E-state index contributed by atoms with van der Waals surface area (Å²) in [7, 11) is 1.79. The molecular weight excluding hydrogens is 404 g/mol. The summed E-state index contributed by atoms with van der Waals surface area (Å²) in [5.74, 6) is 2.10. The lowest BCUT2D eigenvalue weighted by Crippen LogP contribution is -2.39. The summed E-state index contributed by atoms with van der Waals surface area (Å²) in [5.41, 5.74) is 6.80. The summed E-state index contributed by atoms with van der Waals surface area (Å²) in [4.78, 5) is 36.1. The molecule has 0 radical (unpaired) electrons. The van der Waals surface area contributed by atoms with Gasteiger partial charge in [0.05, 0.1) is 11.1 Å². The van der Waals surface area contributed by atoms with Crippen LogP contribution in [0.1, 0.15) is 42.5 Å². The predicted octanol–water partition coefficient (Wildman–Crippen LogP) is 2.71.